The van der Waals surface area contributed by atoms with E-state index in [0.29, 0.717) is 18.0 Å². The molecule has 1 aliphatic carbocycles. The molecule has 4 N–H and O–H groups in total. The van der Waals surface area contributed by atoms with Crippen LogP contribution in [0, 0.1) is 19.8 Å². The molecule has 0 bridgehead atoms. The largest absolute Gasteiger partial charge is 0.378 e. The summed E-state index contributed by atoms with van der Waals surface area (Å²) in [5.74, 6) is 0.499. The lowest BCUT2D eigenvalue weighted by atomic mass is 9.90. The van der Waals surface area contributed by atoms with E-state index >= 15 is 0 Å². The molecular formula is C22H26N6O3. The predicted octanol–water partition coefficient (Wildman–Crippen LogP) is 1.70. The average molecular weight is 422 g/mol. The van der Waals surface area contributed by atoms with E-state index in [1.165, 1.54) is 0 Å². The average Bonchev–Trinajstić information content (AvgIpc) is 3.14. The second kappa shape index (κ2) is 7.98. The first-order valence-electron chi connectivity index (χ1n) is 10.4. The van der Waals surface area contributed by atoms with Gasteiger partial charge in [-0.1, -0.05) is 19.8 Å². The molecule has 162 valence electrons. The van der Waals surface area contributed by atoms with Gasteiger partial charge in [0.2, 0.25) is 5.82 Å². The molecule has 0 aliphatic heterocycles. The molecule has 9 heteroatoms. The predicted molar refractivity (Wildman–Crippen MR) is 118 cm³/mol. The van der Waals surface area contributed by atoms with Gasteiger partial charge in [-0.05, 0) is 67.0 Å². The molecule has 9 nitrogen and oxygen atoms in total. The number of benzene rings is 1. The number of aromatic amines is 2. The minimum atomic E-state index is -0.706. The zero-order chi connectivity index (χ0) is 22.3. The standard InChI is InChI=1S/C22H26N6O3/c1-11-5-4-6-16(11)18-10-14(25-26-20(18)29)9-17-12(2)7-15(8-13(17)3)28-22(31)24-21(30)19(23)27-28/h7-8,10-11,16H,4-6,9H2,1-3H3,(H2,23,27)(H,26,29)(H,24,30,31). The van der Waals surface area contributed by atoms with Gasteiger partial charge in [0.15, 0.2) is 0 Å². The SMILES string of the molecule is Cc1cc(-n2nc(N)c(=O)[nH]c2=O)cc(C)c1Cc1cc(C2CCCC2C)c(=O)[nH]n1. The minimum absolute atomic E-state index is 0.104. The van der Waals surface area contributed by atoms with E-state index in [9.17, 15) is 14.4 Å². The van der Waals surface area contributed by atoms with E-state index in [0.717, 1.165) is 51.9 Å². The molecule has 2 aromatic heterocycles. The third kappa shape index (κ3) is 3.95. The van der Waals surface area contributed by atoms with Gasteiger partial charge in [0, 0.05) is 12.0 Å². The molecule has 31 heavy (non-hydrogen) atoms. The van der Waals surface area contributed by atoms with Crippen molar-refractivity contribution in [3.8, 4) is 5.69 Å². The number of nitrogens with zero attached hydrogens (tertiary/aromatic N) is 3. The zero-order valence-corrected chi connectivity index (χ0v) is 17.9. The maximum absolute atomic E-state index is 12.4. The van der Waals surface area contributed by atoms with Gasteiger partial charge in [0.1, 0.15) is 0 Å². The number of aryl methyl sites for hydroxylation is 2. The number of anilines is 1. The minimum Gasteiger partial charge on any atom is -0.378 e. The number of nitrogens with two attached hydrogens (primary N) is 1. The Balaban J connectivity index is 1.69. The van der Waals surface area contributed by atoms with Crippen LogP contribution in [-0.2, 0) is 6.42 Å². The Morgan fingerprint density at radius 2 is 1.81 bits per heavy atom. The molecule has 0 saturated heterocycles. The Labute approximate surface area is 178 Å². The zero-order valence-electron chi connectivity index (χ0n) is 17.9. The van der Waals surface area contributed by atoms with Gasteiger partial charge < -0.3 is 5.73 Å². The van der Waals surface area contributed by atoms with Crippen LogP contribution < -0.4 is 22.5 Å². The first kappa shape index (κ1) is 20.8. The van der Waals surface area contributed by atoms with E-state index in [1.54, 1.807) is 0 Å². The number of nitrogens with one attached hydrogen (secondary N) is 2. The Kier molecular flexibility index (Phi) is 5.34. The molecule has 1 saturated carbocycles. The number of hydrogen-bond acceptors (Lipinski definition) is 6. The maximum atomic E-state index is 12.4. The van der Waals surface area contributed by atoms with Crippen molar-refractivity contribution in [2.75, 3.05) is 5.73 Å². The molecule has 0 amide bonds. The first-order valence-corrected chi connectivity index (χ1v) is 10.4. The number of aromatic nitrogens is 5. The van der Waals surface area contributed by atoms with Crippen LogP contribution >= 0.6 is 0 Å². The van der Waals surface area contributed by atoms with Crippen LogP contribution in [-0.4, -0.2) is 25.0 Å². The summed E-state index contributed by atoms with van der Waals surface area (Å²) in [7, 11) is 0. The summed E-state index contributed by atoms with van der Waals surface area (Å²) < 4.78 is 1.08. The van der Waals surface area contributed by atoms with Crippen molar-refractivity contribution in [1.29, 1.82) is 0 Å². The molecule has 1 aromatic carbocycles. The molecule has 3 aromatic rings. The summed E-state index contributed by atoms with van der Waals surface area (Å²) >= 11 is 0. The Bertz CT molecular complexity index is 1300. The van der Waals surface area contributed by atoms with Crippen LogP contribution in [0.2, 0.25) is 0 Å². The normalized spacial score (nSPS) is 18.4. The second-order valence-corrected chi connectivity index (χ2v) is 8.45. The Hall–Kier alpha value is -3.49. The summed E-state index contributed by atoms with van der Waals surface area (Å²) in [5.41, 5.74) is 9.19. The lowest BCUT2D eigenvalue weighted by molar-refractivity contribution is 0.526. The number of rotatable bonds is 4. The van der Waals surface area contributed by atoms with E-state index in [2.05, 4.69) is 27.2 Å². The van der Waals surface area contributed by atoms with Crippen LogP contribution in [0.4, 0.5) is 5.82 Å². The van der Waals surface area contributed by atoms with Crippen LogP contribution in [0.15, 0.2) is 32.6 Å². The van der Waals surface area contributed by atoms with Gasteiger partial charge in [0.25, 0.3) is 11.1 Å². The number of nitrogen functional groups attached to an aromatic ring is 1. The molecule has 2 unspecified atom stereocenters. The summed E-state index contributed by atoms with van der Waals surface area (Å²) in [6.07, 6.45) is 3.87. The van der Waals surface area contributed by atoms with E-state index < -0.39 is 11.2 Å². The van der Waals surface area contributed by atoms with Gasteiger partial charge in [-0.3, -0.25) is 14.6 Å². The third-order valence-electron chi connectivity index (χ3n) is 6.28. The van der Waals surface area contributed by atoms with Crippen molar-refractivity contribution in [2.24, 2.45) is 5.92 Å². The van der Waals surface area contributed by atoms with Crippen LogP contribution in [0.3, 0.4) is 0 Å². The lowest BCUT2D eigenvalue weighted by Crippen LogP contribution is -2.33. The molecule has 2 heterocycles. The fourth-order valence-corrected chi connectivity index (χ4v) is 4.58. The molecule has 1 aliphatic rings. The van der Waals surface area contributed by atoms with Crippen molar-refractivity contribution in [2.45, 2.75) is 52.4 Å². The van der Waals surface area contributed by atoms with Gasteiger partial charge in [-0.15, -0.1) is 5.10 Å². The van der Waals surface area contributed by atoms with Gasteiger partial charge in [-0.2, -0.15) is 9.78 Å². The van der Waals surface area contributed by atoms with Crippen molar-refractivity contribution < 1.29 is 0 Å². The highest BCUT2D eigenvalue weighted by atomic mass is 16.2. The van der Waals surface area contributed by atoms with E-state index in [1.807, 2.05) is 32.0 Å². The topological polar surface area (TPSA) is 140 Å². The highest BCUT2D eigenvalue weighted by Crippen LogP contribution is 2.38. The van der Waals surface area contributed by atoms with E-state index in [-0.39, 0.29) is 17.3 Å². The first-order chi connectivity index (χ1) is 14.7. The molecule has 4 rings (SSSR count). The van der Waals surface area contributed by atoms with E-state index in [4.69, 9.17) is 5.73 Å². The van der Waals surface area contributed by atoms with Crippen LogP contribution in [0.1, 0.15) is 60.1 Å². The highest BCUT2D eigenvalue weighted by molar-refractivity contribution is 5.46. The van der Waals surface area contributed by atoms with Crippen molar-refractivity contribution in [3.05, 3.63) is 77.3 Å². The van der Waals surface area contributed by atoms with Crippen LogP contribution in [0.25, 0.3) is 5.69 Å². The second-order valence-electron chi connectivity index (χ2n) is 8.45. The molecular weight excluding hydrogens is 396 g/mol. The molecule has 2 atom stereocenters. The molecule has 0 spiro atoms. The maximum Gasteiger partial charge on any atom is 0.349 e. The fourth-order valence-electron chi connectivity index (χ4n) is 4.58. The summed E-state index contributed by atoms with van der Waals surface area (Å²) in [4.78, 5) is 38.2. The summed E-state index contributed by atoms with van der Waals surface area (Å²) in [6.45, 7) is 6.08. The quantitative estimate of drug-likeness (QED) is 0.585. The van der Waals surface area contributed by atoms with Crippen molar-refractivity contribution >= 4 is 5.82 Å². The van der Waals surface area contributed by atoms with Crippen LogP contribution in [0.5, 0.6) is 0 Å². The Morgan fingerprint density at radius 3 is 2.45 bits per heavy atom. The number of hydrogen-bond donors (Lipinski definition) is 3. The van der Waals surface area contributed by atoms with Crippen molar-refractivity contribution in [1.82, 2.24) is 25.0 Å². The molecule has 1 fully saturated rings. The van der Waals surface area contributed by atoms with Gasteiger partial charge in [-0.25, -0.2) is 9.89 Å². The monoisotopic (exact) mass is 422 g/mol. The van der Waals surface area contributed by atoms with Gasteiger partial charge in [0.05, 0.1) is 11.4 Å². The summed E-state index contributed by atoms with van der Waals surface area (Å²) in [5, 5.41) is 10.8. The van der Waals surface area contributed by atoms with Crippen molar-refractivity contribution in [3.63, 3.8) is 0 Å². The molecule has 0 radical (unpaired) electrons. The summed E-state index contributed by atoms with van der Waals surface area (Å²) in [6, 6.07) is 5.58. The Morgan fingerprint density at radius 1 is 1.10 bits per heavy atom. The lowest BCUT2D eigenvalue weighted by Gasteiger charge is -2.16. The highest BCUT2D eigenvalue weighted by Gasteiger charge is 2.27. The third-order valence-corrected chi connectivity index (χ3v) is 6.28. The number of H-pyrrole nitrogens is 2. The smallest absolute Gasteiger partial charge is 0.349 e. The fraction of sp³-hybridized carbons (Fsp3) is 0.409. The van der Waals surface area contributed by atoms with Gasteiger partial charge >= 0.3 is 5.69 Å².